The molecule has 0 unspecified atom stereocenters. The Hall–Kier alpha value is -3.34. The molecule has 35 heavy (non-hydrogen) atoms. The average molecular weight is 513 g/mol. The lowest BCUT2D eigenvalue weighted by atomic mass is 10.1. The Balaban J connectivity index is 0.000000197. The Morgan fingerprint density at radius 2 is 1.74 bits per heavy atom. The van der Waals surface area contributed by atoms with Gasteiger partial charge in [-0.1, -0.05) is 11.6 Å². The van der Waals surface area contributed by atoms with Gasteiger partial charge in [0.25, 0.3) is 5.91 Å². The predicted molar refractivity (Wildman–Crippen MR) is 129 cm³/mol. The van der Waals surface area contributed by atoms with Crippen LogP contribution in [-0.4, -0.2) is 44.6 Å². The summed E-state index contributed by atoms with van der Waals surface area (Å²) in [6.45, 7) is 5.41. The van der Waals surface area contributed by atoms with Crippen LogP contribution in [0.3, 0.4) is 0 Å². The number of fused-ring (bicyclic) bond motifs is 1. The highest BCUT2D eigenvalue weighted by Gasteiger charge is 2.33. The van der Waals surface area contributed by atoms with Crippen molar-refractivity contribution in [3.8, 4) is 0 Å². The second-order valence-corrected chi connectivity index (χ2v) is 8.39. The van der Waals surface area contributed by atoms with E-state index >= 15 is 0 Å². The molecule has 1 aromatic carbocycles. The van der Waals surface area contributed by atoms with Gasteiger partial charge in [-0.15, -0.1) is 0 Å². The number of nitrogens with zero attached hydrogens (tertiary/aromatic N) is 4. The number of anilines is 1. The van der Waals surface area contributed by atoms with Crippen molar-refractivity contribution < 1.29 is 22.8 Å². The summed E-state index contributed by atoms with van der Waals surface area (Å²) in [5, 5.41) is 4.67. The number of halogens is 4. The Labute approximate surface area is 206 Å². The molecular formula is C23H28ClF3N6O2. The van der Waals surface area contributed by atoms with Gasteiger partial charge in [0.2, 0.25) is 5.91 Å². The zero-order valence-electron chi connectivity index (χ0n) is 19.7. The lowest BCUT2D eigenvalue weighted by Gasteiger charge is -2.24. The summed E-state index contributed by atoms with van der Waals surface area (Å²) < 4.78 is 38.9. The summed E-state index contributed by atoms with van der Waals surface area (Å²) in [6, 6.07) is 5.16. The Bertz CT molecular complexity index is 1190. The van der Waals surface area contributed by atoms with Crippen molar-refractivity contribution >= 4 is 40.0 Å². The van der Waals surface area contributed by atoms with Crippen LogP contribution in [-0.2, 0) is 18.0 Å². The van der Waals surface area contributed by atoms with E-state index in [0.29, 0.717) is 16.0 Å². The molecule has 1 aliphatic rings. The number of nitrogens with two attached hydrogens (primary N) is 2. The normalized spacial score (nSPS) is 13.4. The average Bonchev–Trinajstić information content (AvgIpc) is 3.13. The van der Waals surface area contributed by atoms with Crippen LogP contribution in [0.15, 0.2) is 30.5 Å². The number of primary amides is 1. The van der Waals surface area contributed by atoms with E-state index in [2.05, 4.69) is 10.1 Å². The number of aromatic nitrogens is 3. The first-order chi connectivity index (χ1) is 16.3. The van der Waals surface area contributed by atoms with Gasteiger partial charge in [0.05, 0.1) is 17.3 Å². The summed E-state index contributed by atoms with van der Waals surface area (Å²) in [4.78, 5) is 26.7. The monoisotopic (exact) mass is 512 g/mol. The van der Waals surface area contributed by atoms with E-state index in [1.165, 1.54) is 43.7 Å². The molecule has 2 amide bonds. The van der Waals surface area contributed by atoms with Crippen molar-refractivity contribution in [2.75, 3.05) is 18.8 Å². The van der Waals surface area contributed by atoms with E-state index in [1.54, 1.807) is 25.6 Å². The van der Waals surface area contributed by atoms with Crippen molar-refractivity contribution in [2.45, 2.75) is 39.3 Å². The van der Waals surface area contributed by atoms with Gasteiger partial charge in [-0.25, -0.2) is 4.98 Å². The van der Waals surface area contributed by atoms with Gasteiger partial charge in [0.15, 0.2) is 0 Å². The topological polar surface area (TPSA) is 120 Å². The molecule has 0 saturated carbocycles. The van der Waals surface area contributed by atoms with Gasteiger partial charge in [0, 0.05) is 48.9 Å². The second kappa shape index (κ2) is 11.9. The molecule has 4 N–H and O–H groups in total. The van der Waals surface area contributed by atoms with Crippen LogP contribution in [0.1, 0.15) is 47.9 Å². The maximum absolute atomic E-state index is 12.4. The number of benzene rings is 1. The van der Waals surface area contributed by atoms with Gasteiger partial charge in [-0.2, -0.15) is 18.3 Å². The number of likely N-dealkylation sites (tertiary alicyclic amines) is 1. The van der Waals surface area contributed by atoms with Crippen molar-refractivity contribution in [1.29, 1.82) is 0 Å². The van der Waals surface area contributed by atoms with Crippen LogP contribution in [0.5, 0.6) is 0 Å². The number of hydrogen-bond acceptors (Lipinski definition) is 5. The number of carbonyl (C=O) groups is 2. The molecule has 0 radical (unpaired) electrons. The zero-order chi connectivity index (χ0) is 26.3. The third-order valence-electron chi connectivity index (χ3n) is 5.40. The highest BCUT2D eigenvalue weighted by atomic mass is 35.5. The largest absolute Gasteiger partial charge is 0.433 e. The number of carbonyl (C=O) groups excluding carboxylic acids is 2. The summed E-state index contributed by atoms with van der Waals surface area (Å²) in [5.41, 5.74) is 11.0. The van der Waals surface area contributed by atoms with Crippen LogP contribution in [0.2, 0.25) is 5.02 Å². The lowest BCUT2D eigenvalue weighted by molar-refractivity contribution is -0.141. The van der Waals surface area contributed by atoms with E-state index < -0.39 is 17.8 Å². The molecule has 1 aliphatic heterocycles. The van der Waals surface area contributed by atoms with Crippen LogP contribution in [0.4, 0.5) is 18.9 Å². The third kappa shape index (κ3) is 7.84. The smallest absolute Gasteiger partial charge is 0.398 e. The summed E-state index contributed by atoms with van der Waals surface area (Å²) in [5.74, 6) is -0.194. The minimum atomic E-state index is -4.50. The fraction of sp³-hybridized carbons (Fsp3) is 0.391. The second-order valence-electron chi connectivity index (χ2n) is 7.95. The van der Waals surface area contributed by atoms with Gasteiger partial charge < -0.3 is 16.4 Å². The fourth-order valence-corrected chi connectivity index (χ4v) is 3.49. The molecule has 3 aromatic rings. The number of aryl methyl sites for hydroxylation is 1. The Morgan fingerprint density at radius 3 is 2.17 bits per heavy atom. The molecule has 190 valence electrons. The minimum Gasteiger partial charge on any atom is -0.398 e. The number of hydrogen-bond donors (Lipinski definition) is 2. The Kier molecular flexibility index (Phi) is 9.47. The molecule has 0 spiro atoms. The van der Waals surface area contributed by atoms with Gasteiger partial charge >= 0.3 is 6.18 Å². The van der Waals surface area contributed by atoms with Crippen molar-refractivity contribution in [1.82, 2.24) is 19.7 Å². The van der Waals surface area contributed by atoms with E-state index in [-0.39, 0.29) is 17.1 Å². The SMILES string of the molecule is CC(=O)N1CCCCC1.Cc1c(C(N)=O)cnn1C.Nc1cc(C(F)(F)F)nc2ccc(Cl)cc12. The van der Waals surface area contributed by atoms with Crippen LogP contribution >= 0.6 is 11.6 Å². The summed E-state index contributed by atoms with van der Waals surface area (Å²) in [7, 11) is 1.77. The van der Waals surface area contributed by atoms with Crippen molar-refractivity contribution in [3.63, 3.8) is 0 Å². The van der Waals surface area contributed by atoms with E-state index in [1.807, 2.05) is 4.90 Å². The first-order valence-corrected chi connectivity index (χ1v) is 11.2. The number of amides is 2. The molecule has 12 heteroatoms. The molecule has 3 heterocycles. The standard InChI is InChI=1S/C10H6ClF3N2.C7H13NO.C6H9N3O/c11-5-1-2-8-6(3-5)7(15)4-9(16-8)10(12,13)14;1-7(9)8-5-3-2-4-6-8;1-4-5(6(7)10)3-8-9(4)2/h1-4H,(H2,15,16);2-6H2,1H3;3H,1-2H3,(H2,7,10). The zero-order valence-corrected chi connectivity index (χ0v) is 20.5. The van der Waals surface area contributed by atoms with E-state index in [0.717, 1.165) is 24.8 Å². The van der Waals surface area contributed by atoms with Gasteiger partial charge in [0.1, 0.15) is 5.69 Å². The van der Waals surface area contributed by atoms with Gasteiger partial charge in [-0.3, -0.25) is 14.3 Å². The molecule has 0 bridgehead atoms. The quantitative estimate of drug-likeness (QED) is 0.502. The third-order valence-corrected chi connectivity index (χ3v) is 5.63. The number of alkyl halides is 3. The number of piperidine rings is 1. The molecule has 0 aliphatic carbocycles. The van der Waals surface area contributed by atoms with Crippen LogP contribution in [0, 0.1) is 6.92 Å². The first-order valence-electron chi connectivity index (χ1n) is 10.8. The molecule has 1 fully saturated rings. The molecular weight excluding hydrogens is 485 g/mol. The van der Waals surface area contributed by atoms with Crippen LogP contribution < -0.4 is 11.5 Å². The molecule has 0 atom stereocenters. The number of pyridine rings is 1. The maximum atomic E-state index is 12.4. The minimum absolute atomic E-state index is 0.0137. The summed E-state index contributed by atoms with van der Waals surface area (Å²) >= 11 is 5.71. The fourth-order valence-electron chi connectivity index (χ4n) is 3.32. The van der Waals surface area contributed by atoms with Crippen molar-refractivity contribution in [2.24, 2.45) is 12.8 Å². The van der Waals surface area contributed by atoms with Gasteiger partial charge in [-0.05, 0) is 50.5 Å². The molecule has 2 aromatic heterocycles. The molecule has 4 rings (SSSR count). The Morgan fingerprint density at radius 1 is 1.11 bits per heavy atom. The number of rotatable bonds is 1. The van der Waals surface area contributed by atoms with E-state index in [4.69, 9.17) is 23.1 Å². The summed E-state index contributed by atoms with van der Waals surface area (Å²) in [6.07, 6.45) is 0.655. The maximum Gasteiger partial charge on any atom is 0.433 e. The molecule has 8 nitrogen and oxygen atoms in total. The van der Waals surface area contributed by atoms with Crippen LogP contribution in [0.25, 0.3) is 10.9 Å². The first kappa shape index (κ1) is 27.9. The van der Waals surface area contributed by atoms with Crippen molar-refractivity contribution in [3.05, 3.63) is 52.4 Å². The van der Waals surface area contributed by atoms with E-state index in [9.17, 15) is 22.8 Å². The highest BCUT2D eigenvalue weighted by Crippen LogP contribution is 2.32. The molecule has 1 saturated heterocycles. The number of nitrogen functional groups attached to an aromatic ring is 1. The predicted octanol–water partition coefficient (Wildman–Crippen LogP) is 4.34. The highest BCUT2D eigenvalue weighted by molar-refractivity contribution is 6.31. The lowest BCUT2D eigenvalue weighted by Crippen LogP contribution is -2.33.